The van der Waals surface area contributed by atoms with Crippen molar-refractivity contribution in [1.82, 2.24) is 5.32 Å². The molecule has 4 rings (SSSR count). The number of carbonyl (C=O) groups is 3. The molecule has 0 radical (unpaired) electrons. The Labute approximate surface area is 204 Å². The van der Waals surface area contributed by atoms with Crippen LogP contribution in [0.3, 0.4) is 0 Å². The lowest BCUT2D eigenvalue weighted by atomic mass is 9.71. The third-order valence-corrected chi connectivity index (χ3v) is 7.03. The summed E-state index contributed by atoms with van der Waals surface area (Å²) < 4.78 is 5.93. The maximum Gasteiger partial charge on any atom is 0.198 e. The van der Waals surface area contributed by atoms with E-state index >= 15 is 0 Å². The van der Waals surface area contributed by atoms with Gasteiger partial charge in [0, 0.05) is 35.3 Å². The molecular weight excluding hydrogens is 448 g/mol. The third kappa shape index (κ3) is 4.67. The molecule has 0 aliphatic heterocycles. The summed E-state index contributed by atoms with van der Waals surface area (Å²) in [5.41, 5.74) is 6.07. The van der Waals surface area contributed by atoms with Crippen LogP contribution in [0.1, 0.15) is 74.7 Å². The Bertz CT molecular complexity index is 1170. The molecule has 186 valence electrons. The number of nitrogens with one attached hydrogen (secondary N) is 1. The minimum atomic E-state index is -1.62. The number of ether oxygens (including phenoxy) is 1. The van der Waals surface area contributed by atoms with E-state index in [-0.39, 0.29) is 54.1 Å². The van der Waals surface area contributed by atoms with Gasteiger partial charge in [-0.15, -0.1) is 0 Å². The van der Waals surface area contributed by atoms with Gasteiger partial charge in [-0.25, -0.2) is 0 Å². The largest absolute Gasteiger partial charge is 0.507 e. The Hall–Kier alpha value is -2.91. The smallest absolute Gasteiger partial charge is 0.198 e. The van der Waals surface area contributed by atoms with Gasteiger partial charge in [-0.3, -0.25) is 14.4 Å². The summed E-state index contributed by atoms with van der Waals surface area (Å²) in [5.74, 6) is -1.50. The quantitative estimate of drug-likeness (QED) is 0.322. The molecule has 5 N–H and O–H groups in total. The molecule has 35 heavy (non-hydrogen) atoms. The first-order chi connectivity index (χ1) is 16.8. The number of aromatic hydroxyl groups is 1. The third-order valence-electron chi connectivity index (χ3n) is 7.03. The number of benzene rings is 2. The van der Waals surface area contributed by atoms with Crippen LogP contribution in [0.2, 0.25) is 0 Å². The molecule has 2 aliphatic carbocycles. The predicted octanol–water partition coefficient (Wildman–Crippen LogP) is 1.82. The molecule has 2 aromatic carbocycles. The molecule has 0 spiro atoms. The van der Waals surface area contributed by atoms with Crippen molar-refractivity contribution in [2.24, 2.45) is 5.73 Å². The highest BCUT2D eigenvalue weighted by molar-refractivity contribution is 6.30. The van der Waals surface area contributed by atoms with Crippen LogP contribution >= 0.6 is 0 Å². The first-order valence-electron chi connectivity index (χ1n) is 12.1. The maximum atomic E-state index is 13.5. The standard InChI is InChI=1S/C27H32N2O6/c1-16(30)27(34)9-8-17-20(14-27)26(33)23-22(21(17)15-35-13-5-12-29-11-4-10-28)24(31)18-6-2-3-7-19(18)25(23)32/h2-3,6-7,29,33-34H,4-5,8-15,28H2,1H3/t27-/m1/s1. The van der Waals surface area contributed by atoms with Crippen molar-refractivity contribution in [3.8, 4) is 5.75 Å². The van der Waals surface area contributed by atoms with E-state index in [9.17, 15) is 24.6 Å². The molecule has 1 atom stereocenters. The average Bonchev–Trinajstić information content (AvgIpc) is 2.85. The highest BCUT2D eigenvalue weighted by Gasteiger charge is 2.43. The number of rotatable bonds is 10. The summed E-state index contributed by atoms with van der Waals surface area (Å²) in [4.78, 5) is 39.1. The number of ketones is 3. The monoisotopic (exact) mass is 480 g/mol. The van der Waals surface area contributed by atoms with E-state index in [1.54, 1.807) is 24.3 Å². The van der Waals surface area contributed by atoms with Gasteiger partial charge >= 0.3 is 0 Å². The van der Waals surface area contributed by atoms with Gasteiger partial charge in [-0.05, 0) is 63.4 Å². The van der Waals surface area contributed by atoms with E-state index in [1.807, 2.05) is 0 Å². The van der Waals surface area contributed by atoms with Crippen LogP contribution in [0.5, 0.6) is 5.75 Å². The van der Waals surface area contributed by atoms with E-state index in [0.717, 1.165) is 25.9 Å². The lowest BCUT2D eigenvalue weighted by Crippen LogP contribution is -2.43. The number of phenols is 1. The Kier molecular flexibility index (Phi) is 7.47. The number of phenolic OH excluding ortho intramolecular Hbond substituents is 1. The molecule has 0 aromatic heterocycles. The molecule has 0 bridgehead atoms. The maximum absolute atomic E-state index is 13.5. The van der Waals surface area contributed by atoms with Gasteiger partial charge in [0.2, 0.25) is 0 Å². The molecule has 0 saturated carbocycles. The SMILES string of the molecule is CC(=O)[C@@]1(O)CCc2c(c(O)c3c(c2COCCCNCCCN)C(=O)c2ccccc2C3=O)C1. The van der Waals surface area contributed by atoms with Crippen LogP contribution in [-0.4, -0.2) is 59.4 Å². The zero-order valence-corrected chi connectivity index (χ0v) is 20.0. The highest BCUT2D eigenvalue weighted by Crippen LogP contribution is 2.44. The summed E-state index contributed by atoms with van der Waals surface area (Å²) in [6.07, 6.45) is 2.00. The molecule has 8 heteroatoms. The summed E-state index contributed by atoms with van der Waals surface area (Å²) in [6.45, 7) is 4.09. The summed E-state index contributed by atoms with van der Waals surface area (Å²) >= 11 is 0. The van der Waals surface area contributed by atoms with Crippen molar-refractivity contribution < 1.29 is 29.3 Å². The zero-order valence-electron chi connectivity index (χ0n) is 20.0. The van der Waals surface area contributed by atoms with Crippen LogP contribution in [0.4, 0.5) is 0 Å². The van der Waals surface area contributed by atoms with Crippen molar-refractivity contribution in [1.29, 1.82) is 0 Å². The van der Waals surface area contributed by atoms with Crippen LogP contribution < -0.4 is 11.1 Å². The van der Waals surface area contributed by atoms with Gasteiger partial charge in [-0.1, -0.05) is 24.3 Å². The fourth-order valence-corrected chi connectivity index (χ4v) is 5.01. The fraction of sp³-hybridized carbons (Fsp3) is 0.444. The van der Waals surface area contributed by atoms with Gasteiger partial charge in [0.1, 0.15) is 11.4 Å². The van der Waals surface area contributed by atoms with Gasteiger partial charge in [0.05, 0.1) is 12.2 Å². The van der Waals surface area contributed by atoms with E-state index in [4.69, 9.17) is 10.5 Å². The second-order valence-corrected chi connectivity index (χ2v) is 9.30. The van der Waals surface area contributed by atoms with Crippen LogP contribution in [0, 0.1) is 0 Å². The van der Waals surface area contributed by atoms with Gasteiger partial charge in [0.25, 0.3) is 0 Å². The molecule has 2 aliphatic rings. The summed E-state index contributed by atoms with van der Waals surface area (Å²) in [5, 5.41) is 25.3. The van der Waals surface area contributed by atoms with Crippen LogP contribution in [0.15, 0.2) is 24.3 Å². The Morgan fingerprint density at radius 3 is 2.40 bits per heavy atom. The molecule has 0 fully saturated rings. The molecule has 2 aromatic rings. The molecule has 0 heterocycles. The fourth-order valence-electron chi connectivity index (χ4n) is 5.01. The van der Waals surface area contributed by atoms with Crippen molar-refractivity contribution >= 4 is 17.3 Å². The first kappa shape index (κ1) is 25.2. The second kappa shape index (κ2) is 10.4. The van der Waals surface area contributed by atoms with Gasteiger partial charge < -0.3 is 26.0 Å². The molecule has 0 amide bonds. The number of aliphatic hydroxyl groups is 1. The molecule has 0 unspecified atom stereocenters. The average molecular weight is 481 g/mol. The normalized spacial score (nSPS) is 18.7. The van der Waals surface area contributed by atoms with Crippen molar-refractivity contribution in [3.05, 3.63) is 63.2 Å². The minimum absolute atomic E-state index is 0.0673. The molecular formula is C27H32N2O6. The topological polar surface area (TPSA) is 139 Å². The summed E-state index contributed by atoms with van der Waals surface area (Å²) in [6, 6.07) is 6.55. The second-order valence-electron chi connectivity index (χ2n) is 9.30. The molecule has 0 saturated heterocycles. The lowest BCUT2D eigenvalue weighted by molar-refractivity contribution is -0.136. The zero-order chi connectivity index (χ0) is 25.2. The number of Topliss-reactive ketones (excluding diaryl/α,β-unsaturated/α-hetero) is 1. The van der Waals surface area contributed by atoms with E-state index < -0.39 is 17.2 Å². The molecule has 8 nitrogen and oxygen atoms in total. The first-order valence-corrected chi connectivity index (χ1v) is 12.1. The number of carbonyl (C=O) groups excluding carboxylic acids is 3. The van der Waals surface area contributed by atoms with E-state index in [1.165, 1.54) is 6.92 Å². The van der Waals surface area contributed by atoms with E-state index in [0.29, 0.717) is 35.4 Å². The Balaban J connectivity index is 1.70. The number of hydrogen-bond acceptors (Lipinski definition) is 8. The van der Waals surface area contributed by atoms with Gasteiger partial charge in [-0.2, -0.15) is 0 Å². The van der Waals surface area contributed by atoms with E-state index in [2.05, 4.69) is 5.32 Å². The van der Waals surface area contributed by atoms with Crippen molar-refractivity contribution in [2.45, 2.75) is 51.2 Å². The van der Waals surface area contributed by atoms with Gasteiger partial charge in [0.15, 0.2) is 17.3 Å². The minimum Gasteiger partial charge on any atom is -0.507 e. The van der Waals surface area contributed by atoms with Crippen LogP contribution in [0.25, 0.3) is 0 Å². The Morgan fingerprint density at radius 2 is 1.74 bits per heavy atom. The number of hydrogen-bond donors (Lipinski definition) is 4. The highest BCUT2D eigenvalue weighted by atomic mass is 16.5. The predicted molar refractivity (Wildman–Crippen MR) is 130 cm³/mol. The lowest BCUT2D eigenvalue weighted by Gasteiger charge is -2.35. The van der Waals surface area contributed by atoms with Crippen molar-refractivity contribution in [3.63, 3.8) is 0 Å². The number of nitrogens with two attached hydrogens (primary N) is 1. The van der Waals surface area contributed by atoms with Crippen LogP contribution in [-0.2, 0) is 29.0 Å². The summed E-state index contributed by atoms with van der Waals surface area (Å²) in [7, 11) is 0. The number of fused-ring (bicyclic) bond motifs is 3. The Morgan fingerprint density at radius 1 is 1.09 bits per heavy atom. The van der Waals surface area contributed by atoms with Crippen molar-refractivity contribution in [2.75, 3.05) is 26.2 Å².